The number of nitrogens with one attached hydrogen (secondary N) is 2. The van der Waals surface area contributed by atoms with Crippen molar-refractivity contribution in [2.45, 2.75) is 0 Å². The summed E-state index contributed by atoms with van der Waals surface area (Å²) in [6.45, 7) is 0. The fourth-order valence-corrected chi connectivity index (χ4v) is 2.10. The summed E-state index contributed by atoms with van der Waals surface area (Å²) < 4.78 is 0. The van der Waals surface area contributed by atoms with Crippen LogP contribution in [0.3, 0.4) is 0 Å². The third-order valence-electron chi connectivity index (χ3n) is 3.02. The maximum atomic E-state index is 12.0. The van der Waals surface area contributed by atoms with Crippen LogP contribution >= 0.6 is 11.6 Å². The summed E-state index contributed by atoms with van der Waals surface area (Å²) in [4.78, 5) is 15.0. The van der Waals surface area contributed by atoms with E-state index in [9.17, 15) is 4.79 Å². The Hall–Kier alpha value is -2.59. The molecule has 0 saturated carbocycles. The van der Waals surface area contributed by atoms with Crippen LogP contribution in [0.15, 0.2) is 59.7 Å². The van der Waals surface area contributed by atoms with Gasteiger partial charge in [-0.15, -0.1) is 0 Å². The van der Waals surface area contributed by atoms with Crippen LogP contribution in [0.5, 0.6) is 0 Å². The summed E-state index contributed by atoms with van der Waals surface area (Å²) in [5.74, 6) is -0.281. The van der Waals surface area contributed by atoms with Gasteiger partial charge in [-0.05, 0) is 29.8 Å². The predicted octanol–water partition coefficient (Wildman–Crippen LogP) is 3.59. The molecule has 21 heavy (non-hydrogen) atoms. The van der Waals surface area contributed by atoms with E-state index in [1.807, 2.05) is 36.4 Å². The largest absolute Gasteiger partial charge is 0.350 e. The fourth-order valence-electron chi connectivity index (χ4n) is 1.97. The van der Waals surface area contributed by atoms with Crippen molar-refractivity contribution in [1.29, 1.82) is 0 Å². The molecule has 0 fully saturated rings. The normalized spacial score (nSPS) is 11.1. The molecule has 0 bridgehead atoms. The molecule has 0 aliphatic rings. The van der Waals surface area contributed by atoms with E-state index in [1.165, 1.54) is 0 Å². The highest BCUT2D eigenvalue weighted by Gasteiger charge is 2.07. The van der Waals surface area contributed by atoms with Gasteiger partial charge in [0.1, 0.15) is 5.69 Å². The molecule has 0 spiro atoms. The van der Waals surface area contributed by atoms with Crippen LogP contribution in [0.25, 0.3) is 10.9 Å². The monoisotopic (exact) mass is 297 g/mol. The number of amides is 1. The zero-order chi connectivity index (χ0) is 14.7. The molecular formula is C16H12ClN3O. The minimum absolute atomic E-state index is 0.281. The minimum atomic E-state index is -0.281. The van der Waals surface area contributed by atoms with Crippen molar-refractivity contribution < 1.29 is 4.79 Å². The molecule has 1 heterocycles. The first-order valence-corrected chi connectivity index (χ1v) is 6.77. The molecule has 5 heteroatoms. The van der Waals surface area contributed by atoms with E-state index < -0.39 is 0 Å². The standard InChI is InChI=1S/C16H12ClN3O/c17-13-7-5-11(6-8-13)10-18-20-16(21)15-9-12-3-1-2-4-14(12)19-15/h1-10,19H,(H,20,21)/b18-10+. The Bertz CT molecular complexity index is 773. The Morgan fingerprint density at radius 2 is 1.90 bits per heavy atom. The molecule has 3 rings (SSSR count). The van der Waals surface area contributed by atoms with E-state index in [-0.39, 0.29) is 5.91 Å². The summed E-state index contributed by atoms with van der Waals surface area (Å²) in [6, 6.07) is 16.7. The van der Waals surface area contributed by atoms with Crippen LogP contribution < -0.4 is 5.43 Å². The van der Waals surface area contributed by atoms with E-state index in [0.29, 0.717) is 10.7 Å². The highest BCUT2D eigenvalue weighted by molar-refractivity contribution is 6.30. The lowest BCUT2D eigenvalue weighted by Gasteiger charge is -1.96. The average molecular weight is 298 g/mol. The highest BCUT2D eigenvalue weighted by Crippen LogP contribution is 2.14. The maximum absolute atomic E-state index is 12.0. The van der Waals surface area contributed by atoms with Crippen molar-refractivity contribution >= 4 is 34.6 Å². The highest BCUT2D eigenvalue weighted by atomic mass is 35.5. The van der Waals surface area contributed by atoms with Gasteiger partial charge in [0.05, 0.1) is 6.21 Å². The SMILES string of the molecule is O=C(N/N=C/c1ccc(Cl)cc1)c1cc2ccccc2[nH]1. The Balaban J connectivity index is 1.70. The number of aromatic nitrogens is 1. The number of H-pyrrole nitrogens is 1. The lowest BCUT2D eigenvalue weighted by atomic mass is 10.2. The lowest BCUT2D eigenvalue weighted by Crippen LogP contribution is -2.17. The van der Waals surface area contributed by atoms with E-state index in [2.05, 4.69) is 15.5 Å². The molecule has 0 unspecified atom stereocenters. The molecule has 2 N–H and O–H groups in total. The fraction of sp³-hybridized carbons (Fsp3) is 0. The number of hydrogen-bond acceptors (Lipinski definition) is 2. The molecule has 1 aromatic heterocycles. The van der Waals surface area contributed by atoms with Gasteiger partial charge in [-0.1, -0.05) is 41.9 Å². The van der Waals surface area contributed by atoms with Gasteiger partial charge >= 0.3 is 0 Å². The maximum Gasteiger partial charge on any atom is 0.287 e. The van der Waals surface area contributed by atoms with Gasteiger partial charge in [0.25, 0.3) is 5.91 Å². The third kappa shape index (κ3) is 3.12. The number of hydrogen-bond donors (Lipinski definition) is 2. The minimum Gasteiger partial charge on any atom is -0.350 e. The second-order valence-electron chi connectivity index (χ2n) is 4.52. The van der Waals surface area contributed by atoms with E-state index in [0.717, 1.165) is 16.5 Å². The quantitative estimate of drug-likeness (QED) is 0.563. The number of halogens is 1. The van der Waals surface area contributed by atoms with Crippen molar-refractivity contribution in [3.8, 4) is 0 Å². The first-order chi connectivity index (χ1) is 10.2. The van der Waals surface area contributed by atoms with Crippen LogP contribution in [-0.2, 0) is 0 Å². The van der Waals surface area contributed by atoms with Crippen LogP contribution in [-0.4, -0.2) is 17.1 Å². The molecule has 0 aliphatic heterocycles. The third-order valence-corrected chi connectivity index (χ3v) is 3.28. The Morgan fingerprint density at radius 1 is 1.14 bits per heavy atom. The first-order valence-electron chi connectivity index (χ1n) is 6.39. The molecule has 0 radical (unpaired) electrons. The van der Waals surface area contributed by atoms with Gasteiger partial charge in [-0.3, -0.25) is 4.79 Å². The number of carbonyl (C=O) groups is 1. The van der Waals surface area contributed by atoms with Crippen LogP contribution in [0.2, 0.25) is 5.02 Å². The molecule has 104 valence electrons. The number of nitrogens with zero attached hydrogens (tertiary/aromatic N) is 1. The number of aromatic amines is 1. The number of hydrazone groups is 1. The van der Waals surface area contributed by atoms with Gasteiger partial charge in [0.2, 0.25) is 0 Å². The zero-order valence-corrected chi connectivity index (χ0v) is 11.8. The van der Waals surface area contributed by atoms with Crippen molar-refractivity contribution in [3.63, 3.8) is 0 Å². The molecule has 1 amide bonds. The summed E-state index contributed by atoms with van der Waals surface area (Å²) in [5.41, 5.74) is 4.74. The summed E-state index contributed by atoms with van der Waals surface area (Å²) in [6.07, 6.45) is 1.57. The van der Waals surface area contributed by atoms with E-state index in [4.69, 9.17) is 11.6 Å². The van der Waals surface area contributed by atoms with Gasteiger partial charge in [-0.25, -0.2) is 5.43 Å². The van der Waals surface area contributed by atoms with Crippen LogP contribution in [0.4, 0.5) is 0 Å². The van der Waals surface area contributed by atoms with Crippen LogP contribution in [0, 0.1) is 0 Å². The molecule has 0 atom stereocenters. The van der Waals surface area contributed by atoms with Gasteiger partial charge < -0.3 is 4.98 Å². The number of rotatable bonds is 3. The average Bonchev–Trinajstić information content (AvgIpc) is 2.93. The molecule has 0 aliphatic carbocycles. The van der Waals surface area contributed by atoms with Gasteiger partial charge in [0, 0.05) is 15.9 Å². The number of benzene rings is 2. The molecule has 4 nitrogen and oxygen atoms in total. The van der Waals surface area contributed by atoms with Crippen molar-refractivity contribution in [2.24, 2.45) is 5.10 Å². The second kappa shape index (κ2) is 5.81. The van der Waals surface area contributed by atoms with Crippen molar-refractivity contribution in [3.05, 3.63) is 70.9 Å². The van der Waals surface area contributed by atoms with Crippen molar-refractivity contribution in [2.75, 3.05) is 0 Å². The molecule has 3 aromatic rings. The smallest absolute Gasteiger partial charge is 0.287 e. The summed E-state index contributed by atoms with van der Waals surface area (Å²) >= 11 is 5.80. The lowest BCUT2D eigenvalue weighted by molar-refractivity contribution is 0.0951. The molecular weight excluding hydrogens is 286 g/mol. The first kappa shape index (κ1) is 13.4. The van der Waals surface area contributed by atoms with E-state index in [1.54, 1.807) is 24.4 Å². The Labute approximate surface area is 126 Å². The van der Waals surface area contributed by atoms with E-state index >= 15 is 0 Å². The summed E-state index contributed by atoms with van der Waals surface area (Å²) in [5, 5.41) is 5.58. The zero-order valence-electron chi connectivity index (χ0n) is 11.0. The van der Waals surface area contributed by atoms with Crippen molar-refractivity contribution in [1.82, 2.24) is 10.4 Å². The number of carbonyl (C=O) groups excluding carboxylic acids is 1. The molecule has 2 aromatic carbocycles. The predicted molar refractivity (Wildman–Crippen MR) is 84.8 cm³/mol. The number of fused-ring (bicyclic) bond motifs is 1. The molecule has 0 saturated heterocycles. The summed E-state index contributed by atoms with van der Waals surface area (Å²) in [7, 11) is 0. The topological polar surface area (TPSA) is 57.2 Å². The van der Waals surface area contributed by atoms with Crippen LogP contribution in [0.1, 0.15) is 16.1 Å². The second-order valence-corrected chi connectivity index (χ2v) is 4.96. The Kier molecular flexibility index (Phi) is 3.71. The van der Waals surface area contributed by atoms with Gasteiger partial charge in [-0.2, -0.15) is 5.10 Å². The Morgan fingerprint density at radius 3 is 2.67 bits per heavy atom. The number of para-hydroxylation sites is 1. The van der Waals surface area contributed by atoms with Gasteiger partial charge in [0.15, 0.2) is 0 Å².